The average Bonchev–Trinajstić information content (AvgIpc) is 3.10. The average molecular weight is 460 g/mol. The largest absolute Gasteiger partial charge is 0.278 e. The van der Waals surface area contributed by atoms with E-state index < -0.39 is 11.6 Å². The number of fused-ring (bicyclic) bond motifs is 1. The Morgan fingerprint density at radius 2 is 1.96 bits per heavy atom. The minimum atomic E-state index is -0.759. The smallest absolute Gasteiger partial charge is 0.260 e. The number of aromatic nitrogens is 2. The number of benzene rings is 2. The summed E-state index contributed by atoms with van der Waals surface area (Å²) in [5, 5.41) is 0.273. The summed E-state index contributed by atoms with van der Waals surface area (Å²) in [7, 11) is 0. The minimum absolute atomic E-state index is 0.0365. The highest BCUT2D eigenvalue weighted by Crippen LogP contribution is 2.32. The number of hydrogen-bond donors (Lipinski definition) is 0. The first kappa shape index (κ1) is 18.6. The van der Waals surface area contributed by atoms with Crippen molar-refractivity contribution in [2.24, 2.45) is 0 Å². The third kappa shape index (κ3) is 3.79. The molecule has 0 atom stereocenters. The van der Waals surface area contributed by atoms with Crippen molar-refractivity contribution in [1.29, 1.82) is 0 Å². The summed E-state index contributed by atoms with van der Waals surface area (Å²) in [5.41, 5.74) is 1.13. The van der Waals surface area contributed by atoms with Gasteiger partial charge in [-0.3, -0.25) is 14.7 Å². The summed E-state index contributed by atoms with van der Waals surface area (Å²) >= 11 is 4.42. The quantitative estimate of drug-likeness (QED) is 0.400. The van der Waals surface area contributed by atoms with Gasteiger partial charge in [0.15, 0.2) is 10.9 Å². The fraction of sp³-hybridized carbons (Fsp3) is 0.0500. The maximum absolute atomic E-state index is 14.1. The van der Waals surface area contributed by atoms with Crippen molar-refractivity contribution in [1.82, 2.24) is 9.97 Å². The first-order valence-electron chi connectivity index (χ1n) is 8.24. The van der Waals surface area contributed by atoms with Crippen LogP contribution in [0.15, 0.2) is 65.3 Å². The van der Waals surface area contributed by atoms with Gasteiger partial charge in [0.1, 0.15) is 11.3 Å². The highest BCUT2D eigenvalue weighted by molar-refractivity contribution is 9.10. The van der Waals surface area contributed by atoms with Gasteiger partial charge < -0.3 is 0 Å². The van der Waals surface area contributed by atoms with E-state index in [-0.39, 0.29) is 23.1 Å². The third-order valence-corrected chi connectivity index (χ3v) is 5.51. The number of carbonyl (C=O) groups excluding carboxylic acids is 1. The maximum Gasteiger partial charge on any atom is 0.260 e. The number of nitrogens with zero attached hydrogens (tertiary/aromatic N) is 3. The van der Waals surface area contributed by atoms with Crippen LogP contribution in [-0.2, 0) is 6.54 Å². The molecule has 2 aromatic carbocycles. The molecule has 4 nitrogen and oxygen atoms in total. The lowest BCUT2D eigenvalue weighted by atomic mass is 10.2. The summed E-state index contributed by atoms with van der Waals surface area (Å²) in [6.45, 7) is 0.149. The Hall–Kier alpha value is -2.71. The van der Waals surface area contributed by atoms with Crippen molar-refractivity contribution in [3.8, 4) is 0 Å². The van der Waals surface area contributed by atoms with Gasteiger partial charge in [-0.2, -0.15) is 0 Å². The van der Waals surface area contributed by atoms with E-state index in [1.54, 1.807) is 36.5 Å². The number of carbonyl (C=O) groups is 1. The second-order valence-corrected chi connectivity index (χ2v) is 7.88. The van der Waals surface area contributed by atoms with E-state index >= 15 is 0 Å². The predicted molar refractivity (Wildman–Crippen MR) is 108 cm³/mol. The standard InChI is InChI=1S/C20H12BrF2N3OS/c21-13-5-3-4-12(8-13)19(27)26(11-15-6-1-2-7-24-15)20-25-18-16(23)9-14(22)10-17(18)28-20/h1-10H,11H2. The minimum Gasteiger partial charge on any atom is -0.278 e. The molecule has 1 amide bonds. The Morgan fingerprint density at radius 1 is 1.11 bits per heavy atom. The normalized spacial score (nSPS) is 11.0. The van der Waals surface area contributed by atoms with Gasteiger partial charge in [0.05, 0.1) is 16.9 Å². The van der Waals surface area contributed by atoms with Gasteiger partial charge in [-0.25, -0.2) is 13.8 Å². The fourth-order valence-corrected chi connectivity index (χ4v) is 4.12. The second kappa shape index (κ2) is 7.73. The van der Waals surface area contributed by atoms with E-state index in [9.17, 15) is 13.6 Å². The summed E-state index contributed by atoms with van der Waals surface area (Å²) in [6.07, 6.45) is 1.63. The van der Waals surface area contributed by atoms with Crippen molar-refractivity contribution >= 4 is 48.5 Å². The molecule has 0 radical (unpaired) electrons. The molecule has 0 saturated carbocycles. The zero-order chi connectivity index (χ0) is 19.7. The molecule has 0 unspecified atom stereocenters. The van der Waals surface area contributed by atoms with Gasteiger partial charge in [-0.05, 0) is 36.4 Å². The SMILES string of the molecule is O=C(c1cccc(Br)c1)N(Cc1ccccn1)c1nc2c(F)cc(F)cc2s1. The molecule has 0 aliphatic carbocycles. The second-order valence-electron chi connectivity index (χ2n) is 5.95. The molecule has 0 saturated heterocycles. The lowest BCUT2D eigenvalue weighted by Crippen LogP contribution is -2.30. The number of amides is 1. The molecule has 0 N–H and O–H groups in total. The molecular weight excluding hydrogens is 448 g/mol. The number of rotatable bonds is 4. The van der Waals surface area contributed by atoms with Crippen LogP contribution >= 0.6 is 27.3 Å². The van der Waals surface area contributed by atoms with Gasteiger partial charge in [0.2, 0.25) is 0 Å². The molecule has 0 aliphatic rings. The van der Waals surface area contributed by atoms with Crippen LogP contribution in [0, 0.1) is 11.6 Å². The summed E-state index contributed by atoms with van der Waals surface area (Å²) < 4.78 is 28.8. The van der Waals surface area contributed by atoms with Gasteiger partial charge >= 0.3 is 0 Å². The highest BCUT2D eigenvalue weighted by Gasteiger charge is 2.23. The van der Waals surface area contributed by atoms with Crippen molar-refractivity contribution < 1.29 is 13.6 Å². The summed E-state index contributed by atoms with van der Waals surface area (Å²) in [6, 6.07) is 14.3. The molecular formula is C20H12BrF2N3OS. The molecule has 28 heavy (non-hydrogen) atoms. The highest BCUT2D eigenvalue weighted by atomic mass is 79.9. The lowest BCUT2D eigenvalue weighted by molar-refractivity contribution is 0.0984. The van der Waals surface area contributed by atoms with Crippen molar-refractivity contribution in [3.63, 3.8) is 0 Å². The number of anilines is 1. The molecule has 0 aliphatic heterocycles. The molecule has 0 fully saturated rings. The summed E-state index contributed by atoms with van der Waals surface area (Å²) in [5.74, 6) is -1.76. The van der Waals surface area contributed by atoms with E-state index in [0.29, 0.717) is 16.0 Å². The number of hydrogen-bond acceptors (Lipinski definition) is 4. The van der Waals surface area contributed by atoms with Crippen LogP contribution in [0.25, 0.3) is 10.2 Å². The first-order chi connectivity index (χ1) is 13.5. The lowest BCUT2D eigenvalue weighted by Gasteiger charge is -2.19. The molecule has 0 spiro atoms. The van der Waals surface area contributed by atoms with Crippen LogP contribution in [0.5, 0.6) is 0 Å². The Balaban J connectivity index is 1.80. The molecule has 0 bridgehead atoms. The summed E-state index contributed by atoms with van der Waals surface area (Å²) in [4.78, 5) is 23.2. The van der Waals surface area contributed by atoms with E-state index in [1.165, 1.54) is 11.0 Å². The van der Waals surface area contributed by atoms with Crippen LogP contribution in [-0.4, -0.2) is 15.9 Å². The van der Waals surface area contributed by atoms with Crippen LogP contribution in [0.1, 0.15) is 16.1 Å². The Labute approximate surface area is 171 Å². The van der Waals surface area contributed by atoms with Gasteiger partial charge in [-0.15, -0.1) is 0 Å². The Kier molecular flexibility index (Phi) is 5.15. The van der Waals surface area contributed by atoms with E-state index in [2.05, 4.69) is 25.9 Å². The molecule has 2 heterocycles. The van der Waals surface area contributed by atoms with Crippen molar-refractivity contribution in [2.45, 2.75) is 6.54 Å². The first-order valence-corrected chi connectivity index (χ1v) is 9.85. The van der Waals surface area contributed by atoms with Gasteiger partial charge in [0.25, 0.3) is 5.91 Å². The number of halogens is 3. The third-order valence-electron chi connectivity index (χ3n) is 4.00. The molecule has 8 heteroatoms. The fourth-order valence-electron chi connectivity index (χ4n) is 2.72. The zero-order valence-corrected chi connectivity index (χ0v) is 16.7. The monoisotopic (exact) mass is 459 g/mol. The van der Waals surface area contributed by atoms with E-state index in [1.807, 2.05) is 12.1 Å². The molecule has 4 rings (SSSR count). The van der Waals surface area contributed by atoms with Crippen LogP contribution < -0.4 is 4.90 Å². The number of thiazole rings is 1. The maximum atomic E-state index is 14.1. The van der Waals surface area contributed by atoms with Gasteiger partial charge in [-0.1, -0.05) is 39.4 Å². The van der Waals surface area contributed by atoms with Crippen LogP contribution in [0.4, 0.5) is 13.9 Å². The molecule has 2 aromatic heterocycles. The van der Waals surface area contributed by atoms with E-state index in [4.69, 9.17) is 0 Å². The van der Waals surface area contributed by atoms with Crippen molar-refractivity contribution in [2.75, 3.05) is 4.90 Å². The zero-order valence-electron chi connectivity index (χ0n) is 14.3. The van der Waals surface area contributed by atoms with E-state index in [0.717, 1.165) is 21.9 Å². The predicted octanol–water partition coefficient (Wildman–Crippen LogP) is 5.58. The number of pyridine rings is 1. The molecule has 140 valence electrons. The van der Waals surface area contributed by atoms with Gasteiger partial charge in [0, 0.05) is 22.3 Å². The Bertz CT molecular complexity index is 1170. The van der Waals surface area contributed by atoms with Crippen LogP contribution in [0.3, 0.4) is 0 Å². The Morgan fingerprint density at radius 3 is 2.71 bits per heavy atom. The topological polar surface area (TPSA) is 46.1 Å². The van der Waals surface area contributed by atoms with Crippen molar-refractivity contribution in [3.05, 3.63) is 88.2 Å². The van der Waals surface area contributed by atoms with Crippen LogP contribution in [0.2, 0.25) is 0 Å². The molecule has 4 aromatic rings.